The summed E-state index contributed by atoms with van der Waals surface area (Å²) in [5, 5.41) is 15.2. The van der Waals surface area contributed by atoms with Crippen molar-refractivity contribution in [3.05, 3.63) is 30.2 Å². The monoisotopic (exact) mass is 501 g/mol. The molecule has 28 heavy (non-hydrogen) atoms. The van der Waals surface area contributed by atoms with Crippen molar-refractivity contribution in [2.24, 2.45) is 10.9 Å². The second-order valence-corrected chi connectivity index (χ2v) is 6.90. The van der Waals surface area contributed by atoms with E-state index in [9.17, 15) is 0 Å². The van der Waals surface area contributed by atoms with Crippen molar-refractivity contribution in [2.75, 3.05) is 46.4 Å². The van der Waals surface area contributed by atoms with Crippen LogP contribution in [0.4, 0.5) is 0 Å². The number of fused-ring (bicyclic) bond motifs is 1. The lowest BCUT2D eigenvalue weighted by molar-refractivity contribution is 0.121. The van der Waals surface area contributed by atoms with Crippen LogP contribution in [0.2, 0.25) is 0 Å². The normalized spacial score (nSPS) is 16.1. The molecule has 156 valence electrons. The molecule has 0 atom stereocenters. The predicted molar refractivity (Wildman–Crippen MR) is 122 cm³/mol. The van der Waals surface area contributed by atoms with Gasteiger partial charge in [0.05, 0.1) is 6.61 Å². The number of ether oxygens (including phenoxy) is 1. The highest BCUT2D eigenvalue weighted by atomic mass is 127. The quantitative estimate of drug-likeness (QED) is 0.326. The summed E-state index contributed by atoms with van der Waals surface area (Å²) >= 11 is 0. The number of hydrogen-bond acceptors (Lipinski definition) is 5. The summed E-state index contributed by atoms with van der Waals surface area (Å²) in [5.41, 5.74) is 0.848. The van der Waals surface area contributed by atoms with Gasteiger partial charge in [0.25, 0.3) is 0 Å². The molecule has 2 aromatic rings. The van der Waals surface area contributed by atoms with Gasteiger partial charge in [-0.3, -0.25) is 4.40 Å². The number of guanidine groups is 1. The molecule has 1 aliphatic heterocycles. The molecule has 2 N–H and O–H groups in total. The van der Waals surface area contributed by atoms with Crippen molar-refractivity contribution >= 4 is 35.6 Å². The Labute approximate surface area is 184 Å². The number of aliphatic imine (C=N–C) groups is 1. The van der Waals surface area contributed by atoms with E-state index in [1.165, 1.54) is 12.8 Å². The Morgan fingerprint density at radius 3 is 2.82 bits per heavy atom. The van der Waals surface area contributed by atoms with E-state index >= 15 is 0 Å². The van der Waals surface area contributed by atoms with Crippen molar-refractivity contribution in [3.63, 3.8) is 0 Å². The number of methoxy groups -OCH3 is 1. The van der Waals surface area contributed by atoms with E-state index in [4.69, 9.17) is 9.73 Å². The Morgan fingerprint density at radius 2 is 2.07 bits per heavy atom. The lowest BCUT2D eigenvalue weighted by Gasteiger charge is -2.32. The molecule has 3 rings (SSSR count). The summed E-state index contributed by atoms with van der Waals surface area (Å²) in [5.74, 6) is 2.36. The van der Waals surface area contributed by atoms with Gasteiger partial charge in [0.15, 0.2) is 17.4 Å². The van der Waals surface area contributed by atoms with Crippen molar-refractivity contribution in [1.82, 2.24) is 30.1 Å². The Morgan fingerprint density at radius 1 is 1.25 bits per heavy atom. The second-order valence-electron chi connectivity index (χ2n) is 6.90. The van der Waals surface area contributed by atoms with E-state index in [0.717, 1.165) is 56.8 Å². The minimum Gasteiger partial charge on any atom is -0.383 e. The van der Waals surface area contributed by atoms with Crippen LogP contribution in [-0.4, -0.2) is 71.9 Å². The highest BCUT2D eigenvalue weighted by Gasteiger charge is 2.19. The Kier molecular flexibility index (Phi) is 9.93. The number of aromatic nitrogens is 3. The third-order valence-corrected chi connectivity index (χ3v) is 4.98. The summed E-state index contributed by atoms with van der Waals surface area (Å²) in [6, 6.07) is 5.89. The minimum absolute atomic E-state index is 0. The number of nitrogens with one attached hydrogen (secondary N) is 2. The smallest absolute Gasteiger partial charge is 0.191 e. The van der Waals surface area contributed by atoms with Crippen molar-refractivity contribution in [2.45, 2.75) is 26.3 Å². The zero-order valence-corrected chi connectivity index (χ0v) is 19.1. The lowest BCUT2D eigenvalue weighted by atomic mass is 9.97. The van der Waals surface area contributed by atoms with Gasteiger partial charge in [-0.1, -0.05) is 6.07 Å². The molecule has 3 heterocycles. The van der Waals surface area contributed by atoms with Crippen molar-refractivity contribution in [3.8, 4) is 0 Å². The predicted octanol–water partition coefficient (Wildman–Crippen LogP) is 1.76. The van der Waals surface area contributed by atoms with Gasteiger partial charge in [0, 0.05) is 32.9 Å². The van der Waals surface area contributed by atoms with E-state index in [1.807, 2.05) is 28.8 Å². The molecule has 8 nitrogen and oxygen atoms in total. The topological polar surface area (TPSA) is 79.1 Å². The summed E-state index contributed by atoms with van der Waals surface area (Å²) in [6.07, 6.45) is 4.40. The van der Waals surface area contributed by atoms with Crippen LogP contribution in [0.25, 0.3) is 5.65 Å². The number of piperidine rings is 1. The first-order valence-electron chi connectivity index (χ1n) is 9.82. The van der Waals surface area contributed by atoms with Gasteiger partial charge in [-0.05, 0) is 50.9 Å². The number of rotatable bonds is 8. The van der Waals surface area contributed by atoms with Crippen LogP contribution in [0, 0.1) is 5.92 Å². The molecule has 1 aliphatic rings. The van der Waals surface area contributed by atoms with Gasteiger partial charge in [-0.25, -0.2) is 4.99 Å². The number of pyridine rings is 1. The highest BCUT2D eigenvalue weighted by Crippen LogP contribution is 2.16. The van der Waals surface area contributed by atoms with Gasteiger partial charge < -0.3 is 20.3 Å². The highest BCUT2D eigenvalue weighted by molar-refractivity contribution is 14.0. The number of hydrogen-bond donors (Lipinski definition) is 2. The average Bonchev–Trinajstić information content (AvgIpc) is 3.12. The maximum Gasteiger partial charge on any atom is 0.191 e. The third kappa shape index (κ3) is 6.56. The fourth-order valence-electron chi connectivity index (χ4n) is 3.37. The van der Waals surface area contributed by atoms with Gasteiger partial charge in [-0.15, -0.1) is 34.2 Å². The van der Waals surface area contributed by atoms with Crippen LogP contribution in [0.1, 0.15) is 25.6 Å². The first-order chi connectivity index (χ1) is 13.3. The van der Waals surface area contributed by atoms with E-state index in [2.05, 4.69) is 32.7 Å². The Hall–Kier alpha value is -1.46. The van der Waals surface area contributed by atoms with E-state index in [0.29, 0.717) is 12.5 Å². The van der Waals surface area contributed by atoms with Crippen LogP contribution in [-0.2, 0) is 11.3 Å². The fourth-order valence-corrected chi connectivity index (χ4v) is 3.37. The van der Waals surface area contributed by atoms with Crippen molar-refractivity contribution in [1.29, 1.82) is 0 Å². The van der Waals surface area contributed by atoms with Gasteiger partial charge in [0.2, 0.25) is 0 Å². The maximum atomic E-state index is 5.17. The third-order valence-electron chi connectivity index (χ3n) is 4.98. The summed E-state index contributed by atoms with van der Waals surface area (Å²) < 4.78 is 7.15. The fraction of sp³-hybridized carbons (Fsp3) is 0.632. The molecule has 0 unspecified atom stereocenters. The largest absolute Gasteiger partial charge is 0.383 e. The molecule has 1 saturated heterocycles. The molecule has 0 bridgehead atoms. The van der Waals surface area contributed by atoms with Crippen LogP contribution in [0.5, 0.6) is 0 Å². The Bertz CT molecular complexity index is 728. The minimum atomic E-state index is 0. The van der Waals surface area contributed by atoms with Crippen LogP contribution in [0.3, 0.4) is 0 Å². The molecular formula is C19H32IN7O. The molecule has 0 saturated carbocycles. The van der Waals surface area contributed by atoms with Crippen LogP contribution >= 0.6 is 24.0 Å². The number of nitrogens with zero attached hydrogens (tertiary/aromatic N) is 5. The van der Waals surface area contributed by atoms with Crippen molar-refractivity contribution < 1.29 is 4.74 Å². The molecule has 0 amide bonds. The average molecular weight is 501 g/mol. The van der Waals surface area contributed by atoms with Gasteiger partial charge in [0.1, 0.15) is 6.54 Å². The number of likely N-dealkylation sites (tertiary alicyclic amines) is 1. The molecule has 2 aromatic heterocycles. The molecular weight excluding hydrogens is 469 g/mol. The first kappa shape index (κ1) is 22.8. The molecule has 0 spiro atoms. The van der Waals surface area contributed by atoms with E-state index < -0.39 is 0 Å². The lowest BCUT2D eigenvalue weighted by Crippen LogP contribution is -2.43. The molecule has 1 fully saturated rings. The van der Waals surface area contributed by atoms with Crippen LogP contribution < -0.4 is 10.6 Å². The molecule has 0 aromatic carbocycles. The molecule has 9 heteroatoms. The van der Waals surface area contributed by atoms with E-state index in [1.54, 1.807) is 7.11 Å². The summed E-state index contributed by atoms with van der Waals surface area (Å²) in [7, 11) is 1.76. The van der Waals surface area contributed by atoms with E-state index in [-0.39, 0.29) is 24.0 Å². The zero-order chi connectivity index (χ0) is 18.9. The standard InChI is InChI=1S/C19H31N7O.HI/c1-3-20-19(21-14-16-7-10-25(11-8-16)12-13-27-2)22-15-18-24-23-17-6-4-5-9-26(17)18;/h4-6,9,16H,3,7-8,10-15H2,1-2H3,(H2,20,21,22);1H. The SMILES string of the molecule is CCNC(=NCc1nnc2ccccn12)NCC1CCN(CCOC)CC1.I. The number of halogens is 1. The maximum absolute atomic E-state index is 5.17. The first-order valence-corrected chi connectivity index (χ1v) is 9.82. The molecule has 0 aliphatic carbocycles. The summed E-state index contributed by atoms with van der Waals surface area (Å²) in [6.45, 7) is 8.51. The van der Waals surface area contributed by atoms with Gasteiger partial charge in [-0.2, -0.15) is 0 Å². The van der Waals surface area contributed by atoms with Crippen LogP contribution in [0.15, 0.2) is 29.4 Å². The summed E-state index contributed by atoms with van der Waals surface area (Å²) in [4.78, 5) is 7.17. The zero-order valence-electron chi connectivity index (χ0n) is 16.8. The second kappa shape index (κ2) is 12.2. The Balaban J connectivity index is 0.00000280. The van der Waals surface area contributed by atoms with Gasteiger partial charge >= 0.3 is 0 Å². The molecule has 0 radical (unpaired) electrons.